The fourth-order valence-corrected chi connectivity index (χ4v) is 3.12. The molecule has 0 spiro atoms. The Kier molecular flexibility index (Phi) is 4.54. The molecule has 1 aromatic heterocycles. The summed E-state index contributed by atoms with van der Waals surface area (Å²) in [6.45, 7) is 4.86. The van der Waals surface area contributed by atoms with Gasteiger partial charge in [0.1, 0.15) is 0 Å². The Morgan fingerprint density at radius 1 is 1.72 bits per heavy atom. The molecule has 1 atom stereocenters. The SMILES string of the molecule is Cc1csc(N2CCCC(CNCC(=O)O)C2)n1. The topological polar surface area (TPSA) is 65.5 Å². The molecule has 1 saturated heterocycles. The second kappa shape index (κ2) is 6.15. The first kappa shape index (κ1) is 13.3. The van der Waals surface area contributed by atoms with Crippen LogP contribution in [-0.2, 0) is 4.79 Å². The molecule has 0 radical (unpaired) electrons. The minimum Gasteiger partial charge on any atom is -0.480 e. The molecule has 0 amide bonds. The maximum absolute atomic E-state index is 10.4. The lowest BCUT2D eigenvalue weighted by molar-refractivity contribution is -0.136. The number of hydrogen-bond acceptors (Lipinski definition) is 5. The van der Waals surface area contributed by atoms with Gasteiger partial charge in [-0.2, -0.15) is 0 Å². The van der Waals surface area contributed by atoms with Crippen LogP contribution in [-0.4, -0.2) is 42.2 Å². The number of aliphatic carboxylic acids is 1. The molecule has 1 aliphatic heterocycles. The monoisotopic (exact) mass is 269 g/mol. The summed E-state index contributed by atoms with van der Waals surface area (Å²) in [5.74, 6) is -0.277. The number of thiazole rings is 1. The van der Waals surface area contributed by atoms with Gasteiger partial charge < -0.3 is 15.3 Å². The zero-order valence-electron chi connectivity index (χ0n) is 10.6. The smallest absolute Gasteiger partial charge is 0.317 e. The van der Waals surface area contributed by atoms with Crippen LogP contribution in [0.4, 0.5) is 5.13 Å². The van der Waals surface area contributed by atoms with Crippen LogP contribution in [0.2, 0.25) is 0 Å². The van der Waals surface area contributed by atoms with Gasteiger partial charge in [-0.3, -0.25) is 4.79 Å². The highest BCUT2D eigenvalue weighted by atomic mass is 32.1. The molecule has 1 unspecified atom stereocenters. The van der Waals surface area contributed by atoms with E-state index in [9.17, 15) is 4.79 Å². The summed E-state index contributed by atoms with van der Waals surface area (Å²) in [6.07, 6.45) is 2.31. The van der Waals surface area contributed by atoms with Gasteiger partial charge in [0, 0.05) is 25.0 Å². The van der Waals surface area contributed by atoms with E-state index >= 15 is 0 Å². The summed E-state index contributed by atoms with van der Waals surface area (Å²) in [5.41, 5.74) is 1.07. The van der Waals surface area contributed by atoms with Gasteiger partial charge in [-0.05, 0) is 25.7 Å². The minimum atomic E-state index is -0.793. The van der Waals surface area contributed by atoms with Crippen LogP contribution in [0, 0.1) is 12.8 Å². The zero-order valence-corrected chi connectivity index (χ0v) is 11.4. The first-order valence-corrected chi connectivity index (χ1v) is 7.12. The Morgan fingerprint density at radius 2 is 2.56 bits per heavy atom. The maximum atomic E-state index is 10.4. The van der Waals surface area contributed by atoms with Gasteiger partial charge >= 0.3 is 5.97 Å². The fraction of sp³-hybridized carbons (Fsp3) is 0.667. The van der Waals surface area contributed by atoms with E-state index in [4.69, 9.17) is 5.11 Å². The van der Waals surface area contributed by atoms with Crippen LogP contribution in [0.15, 0.2) is 5.38 Å². The first-order valence-electron chi connectivity index (χ1n) is 6.24. The van der Waals surface area contributed by atoms with Gasteiger partial charge in [0.2, 0.25) is 0 Å². The molecule has 1 fully saturated rings. The number of piperidine rings is 1. The van der Waals surface area contributed by atoms with Gasteiger partial charge in [0.25, 0.3) is 0 Å². The molecule has 1 aliphatic rings. The van der Waals surface area contributed by atoms with Crippen molar-refractivity contribution in [3.05, 3.63) is 11.1 Å². The third-order valence-corrected chi connectivity index (χ3v) is 4.12. The third kappa shape index (κ3) is 3.68. The highest BCUT2D eigenvalue weighted by molar-refractivity contribution is 7.13. The normalized spacial score (nSPS) is 20.1. The molecule has 18 heavy (non-hydrogen) atoms. The predicted octanol–water partition coefficient (Wildman–Crippen LogP) is 1.34. The Balaban J connectivity index is 1.83. The molecule has 0 aliphatic carbocycles. The average molecular weight is 269 g/mol. The third-order valence-electron chi connectivity index (χ3n) is 3.11. The second-order valence-electron chi connectivity index (χ2n) is 4.75. The summed E-state index contributed by atoms with van der Waals surface area (Å²) in [6, 6.07) is 0. The Hall–Kier alpha value is -1.14. The number of aryl methyl sites for hydroxylation is 1. The van der Waals surface area contributed by atoms with Gasteiger partial charge in [0.15, 0.2) is 5.13 Å². The molecular formula is C12H19N3O2S. The standard InChI is InChI=1S/C12H19N3O2S/c1-9-8-18-12(14-9)15-4-2-3-10(7-15)5-13-6-11(16)17/h8,10,13H,2-7H2,1H3,(H,16,17). The van der Waals surface area contributed by atoms with Crippen molar-refractivity contribution < 1.29 is 9.90 Å². The molecule has 2 rings (SSSR count). The highest BCUT2D eigenvalue weighted by Crippen LogP contribution is 2.25. The summed E-state index contributed by atoms with van der Waals surface area (Å²) in [4.78, 5) is 17.3. The number of nitrogens with zero attached hydrogens (tertiary/aromatic N) is 2. The molecule has 0 bridgehead atoms. The van der Waals surface area contributed by atoms with Crippen molar-refractivity contribution in [1.29, 1.82) is 0 Å². The summed E-state index contributed by atoms with van der Waals surface area (Å²) < 4.78 is 0. The highest BCUT2D eigenvalue weighted by Gasteiger charge is 2.21. The van der Waals surface area contributed by atoms with Crippen LogP contribution in [0.5, 0.6) is 0 Å². The van der Waals surface area contributed by atoms with Crippen molar-refractivity contribution in [1.82, 2.24) is 10.3 Å². The summed E-state index contributed by atoms with van der Waals surface area (Å²) in [7, 11) is 0. The first-order chi connectivity index (χ1) is 8.65. The van der Waals surface area contributed by atoms with Crippen molar-refractivity contribution in [2.75, 3.05) is 31.1 Å². The van der Waals surface area contributed by atoms with Gasteiger partial charge in [0.05, 0.1) is 12.2 Å². The van der Waals surface area contributed by atoms with E-state index < -0.39 is 5.97 Å². The number of carboxylic acids is 1. The molecule has 100 valence electrons. The van der Waals surface area contributed by atoms with Gasteiger partial charge in [-0.1, -0.05) is 0 Å². The van der Waals surface area contributed by atoms with Gasteiger partial charge in [-0.25, -0.2) is 4.98 Å². The molecule has 0 saturated carbocycles. The predicted molar refractivity (Wildman–Crippen MR) is 72.3 cm³/mol. The largest absolute Gasteiger partial charge is 0.480 e. The molecule has 1 aromatic rings. The van der Waals surface area contributed by atoms with E-state index in [-0.39, 0.29) is 6.54 Å². The van der Waals surface area contributed by atoms with Crippen LogP contribution >= 0.6 is 11.3 Å². The average Bonchev–Trinajstić information content (AvgIpc) is 2.76. The maximum Gasteiger partial charge on any atom is 0.317 e. The Labute approximate surface area is 111 Å². The van der Waals surface area contributed by atoms with Crippen LogP contribution in [0.1, 0.15) is 18.5 Å². The number of carbonyl (C=O) groups is 1. The van der Waals surface area contributed by atoms with E-state index in [0.29, 0.717) is 5.92 Å². The Morgan fingerprint density at radius 3 is 3.22 bits per heavy atom. The Bertz CT molecular complexity index is 408. The van der Waals surface area contributed by atoms with E-state index in [1.165, 1.54) is 0 Å². The van der Waals surface area contributed by atoms with Crippen molar-refractivity contribution in [3.8, 4) is 0 Å². The second-order valence-corrected chi connectivity index (χ2v) is 5.59. The quantitative estimate of drug-likeness (QED) is 0.844. The molecular weight excluding hydrogens is 250 g/mol. The molecule has 0 aromatic carbocycles. The van der Waals surface area contributed by atoms with E-state index in [1.54, 1.807) is 11.3 Å². The fourth-order valence-electron chi connectivity index (χ4n) is 2.28. The molecule has 2 heterocycles. The lowest BCUT2D eigenvalue weighted by Crippen LogP contribution is -2.40. The van der Waals surface area contributed by atoms with Crippen molar-refractivity contribution in [2.24, 2.45) is 5.92 Å². The minimum absolute atomic E-state index is 0.0485. The van der Waals surface area contributed by atoms with Crippen molar-refractivity contribution in [3.63, 3.8) is 0 Å². The van der Waals surface area contributed by atoms with Crippen molar-refractivity contribution >= 4 is 22.4 Å². The number of anilines is 1. The number of hydrogen-bond donors (Lipinski definition) is 2. The van der Waals surface area contributed by atoms with Crippen LogP contribution < -0.4 is 10.2 Å². The summed E-state index contributed by atoms with van der Waals surface area (Å²) >= 11 is 1.69. The van der Waals surface area contributed by atoms with Crippen molar-refractivity contribution in [2.45, 2.75) is 19.8 Å². The number of rotatable bonds is 5. The molecule has 5 nitrogen and oxygen atoms in total. The zero-order chi connectivity index (χ0) is 13.0. The van der Waals surface area contributed by atoms with E-state index in [1.807, 2.05) is 6.92 Å². The molecule has 2 N–H and O–H groups in total. The lowest BCUT2D eigenvalue weighted by atomic mass is 9.98. The van der Waals surface area contributed by atoms with E-state index in [2.05, 4.69) is 20.6 Å². The number of nitrogens with one attached hydrogen (secondary N) is 1. The van der Waals surface area contributed by atoms with E-state index in [0.717, 1.165) is 43.3 Å². The van der Waals surface area contributed by atoms with Crippen LogP contribution in [0.25, 0.3) is 0 Å². The van der Waals surface area contributed by atoms with Crippen LogP contribution in [0.3, 0.4) is 0 Å². The summed E-state index contributed by atoms with van der Waals surface area (Å²) in [5, 5.41) is 14.7. The number of carboxylic acid groups (broad SMARTS) is 1. The lowest BCUT2D eigenvalue weighted by Gasteiger charge is -2.32. The van der Waals surface area contributed by atoms with Gasteiger partial charge in [-0.15, -0.1) is 11.3 Å². The number of aromatic nitrogens is 1. The molecule has 6 heteroatoms.